The fourth-order valence-electron chi connectivity index (χ4n) is 2.31. The van der Waals surface area contributed by atoms with Gasteiger partial charge in [-0.2, -0.15) is 0 Å². The largest absolute Gasteiger partial charge is 0.350 e. The van der Waals surface area contributed by atoms with Crippen molar-refractivity contribution in [2.45, 2.75) is 30.7 Å². The third kappa shape index (κ3) is 4.91. The van der Waals surface area contributed by atoms with Gasteiger partial charge in [0, 0.05) is 11.6 Å². The molecule has 2 aromatic rings. The van der Waals surface area contributed by atoms with E-state index in [1.54, 1.807) is 0 Å². The summed E-state index contributed by atoms with van der Waals surface area (Å²) >= 11 is 0. The maximum atomic E-state index is 12.2. The Bertz CT molecular complexity index is 772. The van der Waals surface area contributed by atoms with Crippen LogP contribution >= 0.6 is 0 Å². The molecule has 0 bridgehead atoms. The Morgan fingerprint density at radius 2 is 1.67 bits per heavy atom. The highest BCUT2D eigenvalue weighted by Crippen LogP contribution is 2.11. The Morgan fingerprint density at radius 3 is 2.25 bits per heavy atom. The molecule has 128 valence electrons. The van der Waals surface area contributed by atoms with Gasteiger partial charge in [0.25, 0.3) is 5.91 Å². The van der Waals surface area contributed by atoms with Crippen LogP contribution in [0.3, 0.4) is 0 Å². The molecule has 1 amide bonds. The van der Waals surface area contributed by atoms with Crippen LogP contribution in [0.2, 0.25) is 0 Å². The van der Waals surface area contributed by atoms with Crippen LogP contribution in [0.5, 0.6) is 0 Å². The number of hydrogen-bond donors (Lipinski definition) is 2. The van der Waals surface area contributed by atoms with Crippen molar-refractivity contribution < 1.29 is 13.2 Å². The van der Waals surface area contributed by atoms with Gasteiger partial charge in [-0.1, -0.05) is 30.3 Å². The molecule has 24 heavy (non-hydrogen) atoms. The summed E-state index contributed by atoms with van der Waals surface area (Å²) in [6.07, 6.45) is 1.73. The van der Waals surface area contributed by atoms with E-state index in [0.29, 0.717) is 5.56 Å². The SMILES string of the molecule is CNS(=O)(=O)c1ccc(C(=O)NC(C)CCc2ccccc2)cc1. The van der Waals surface area contributed by atoms with Crippen molar-refractivity contribution in [3.8, 4) is 0 Å². The molecule has 0 saturated carbocycles. The number of amides is 1. The van der Waals surface area contributed by atoms with Crippen molar-refractivity contribution in [1.82, 2.24) is 10.0 Å². The van der Waals surface area contributed by atoms with Gasteiger partial charge < -0.3 is 5.32 Å². The normalized spacial score (nSPS) is 12.6. The van der Waals surface area contributed by atoms with Crippen LogP contribution in [0.15, 0.2) is 59.5 Å². The Balaban J connectivity index is 1.92. The van der Waals surface area contributed by atoms with Gasteiger partial charge in [0.2, 0.25) is 10.0 Å². The lowest BCUT2D eigenvalue weighted by molar-refractivity contribution is 0.0938. The highest BCUT2D eigenvalue weighted by atomic mass is 32.2. The van der Waals surface area contributed by atoms with Gasteiger partial charge in [0.1, 0.15) is 0 Å². The van der Waals surface area contributed by atoms with E-state index in [1.807, 2.05) is 25.1 Å². The molecular weight excluding hydrogens is 324 g/mol. The number of nitrogens with one attached hydrogen (secondary N) is 2. The summed E-state index contributed by atoms with van der Waals surface area (Å²) in [6.45, 7) is 1.96. The van der Waals surface area contributed by atoms with Crippen LogP contribution in [0.25, 0.3) is 0 Å². The van der Waals surface area contributed by atoms with Gasteiger partial charge in [-0.25, -0.2) is 13.1 Å². The molecule has 1 unspecified atom stereocenters. The Morgan fingerprint density at radius 1 is 1.04 bits per heavy atom. The standard InChI is InChI=1S/C18H22N2O3S/c1-14(8-9-15-6-4-3-5-7-15)20-18(21)16-10-12-17(13-11-16)24(22,23)19-2/h3-7,10-14,19H,8-9H2,1-2H3,(H,20,21). The molecule has 0 radical (unpaired) electrons. The zero-order valence-electron chi connectivity index (χ0n) is 13.8. The van der Waals surface area contributed by atoms with Crippen molar-refractivity contribution in [3.63, 3.8) is 0 Å². The van der Waals surface area contributed by atoms with E-state index in [4.69, 9.17) is 0 Å². The van der Waals surface area contributed by atoms with Gasteiger partial charge in [-0.05, 0) is 56.6 Å². The summed E-state index contributed by atoms with van der Waals surface area (Å²) in [7, 11) is -2.13. The van der Waals surface area contributed by atoms with E-state index in [1.165, 1.54) is 36.9 Å². The fraction of sp³-hybridized carbons (Fsp3) is 0.278. The molecule has 2 N–H and O–H groups in total. The van der Waals surface area contributed by atoms with E-state index < -0.39 is 10.0 Å². The predicted molar refractivity (Wildman–Crippen MR) is 94.4 cm³/mol. The Hall–Kier alpha value is -2.18. The molecule has 0 aliphatic carbocycles. The Labute approximate surface area is 143 Å². The van der Waals surface area contributed by atoms with Gasteiger partial charge >= 0.3 is 0 Å². The number of hydrogen-bond acceptors (Lipinski definition) is 3. The van der Waals surface area contributed by atoms with Crippen LogP contribution in [0, 0.1) is 0 Å². The summed E-state index contributed by atoms with van der Waals surface area (Å²) in [4.78, 5) is 12.4. The molecule has 0 saturated heterocycles. The fourth-order valence-corrected chi connectivity index (χ4v) is 3.04. The first-order valence-corrected chi connectivity index (χ1v) is 9.29. The highest BCUT2D eigenvalue weighted by molar-refractivity contribution is 7.89. The lowest BCUT2D eigenvalue weighted by Crippen LogP contribution is -2.32. The van der Waals surface area contributed by atoms with Crippen molar-refractivity contribution in [2.75, 3.05) is 7.05 Å². The summed E-state index contributed by atoms with van der Waals surface area (Å²) < 4.78 is 25.6. The minimum absolute atomic E-state index is 0.0263. The molecule has 5 nitrogen and oxygen atoms in total. The third-order valence-electron chi connectivity index (χ3n) is 3.78. The smallest absolute Gasteiger partial charge is 0.251 e. The van der Waals surface area contributed by atoms with Gasteiger partial charge in [-0.15, -0.1) is 0 Å². The zero-order valence-corrected chi connectivity index (χ0v) is 14.6. The van der Waals surface area contributed by atoms with Crippen LogP contribution in [-0.4, -0.2) is 27.4 Å². The molecule has 0 aromatic heterocycles. The second kappa shape index (κ2) is 8.08. The molecular formula is C18H22N2O3S. The number of carbonyl (C=O) groups is 1. The summed E-state index contributed by atoms with van der Waals surface area (Å²) in [5.41, 5.74) is 1.68. The van der Waals surface area contributed by atoms with E-state index >= 15 is 0 Å². The van der Waals surface area contributed by atoms with Crippen molar-refractivity contribution in [1.29, 1.82) is 0 Å². The number of rotatable bonds is 7. The second-order valence-electron chi connectivity index (χ2n) is 5.63. The molecule has 2 rings (SSSR count). The number of sulfonamides is 1. The van der Waals surface area contributed by atoms with E-state index in [-0.39, 0.29) is 16.8 Å². The average molecular weight is 346 g/mol. The van der Waals surface area contributed by atoms with Gasteiger partial charge in [0.05, 0.1) is 4.90 Å². The Kier molecular flexibility index (Phi) is 6.11. The van der Waals surface area contributed by atoms with E-state index in [9.17, 15) is 13.2 Å². The van der Waals surface area contributed by atoms with E-state index in [0.717, 1.165) is 12.8 Å². The van der Waals surface area contributed by atoms with E-state index in [2.05, 4.69) is 22.2 Å². The topological polar surface area (TPSA) is 75.3 Å². The van der Waals surface area contributed by atoms with Crippen LogP contribution < -0.4 is 10.0 Å². The van der Waals surface area contributed by atoms with Gasteiger partial charge in [-0.3, -0.25) is 4.79 Å². The zero-order chi connectivity index (χ0) is 17.6. The number of benzene rings is 2. The van der Waals surface area contributed by atoms with Crippen LogP contribution in [0.1, 0.15) is 29.3 Å². The van der Waals surface area contributed by atoms with Crippen LogP contribution in [0.4, 0.5) is 0 Å². The third-order valence-corrected chi connectivity index (χ3v) is 5.21. The molecule has 0 spiro atoms. The molecule has 0 fully saturated rings. The number of aryl methyl sites for hydroxylation is 1. The quantitative estimate of drug-likeness (QED) is 0.808. The second-order valence-corrected chi connectivity index (χ2v) is 7.52. The highest BCUT2D eigenvalue weighted by Gasteiger charge is 2.14. The van der Waals surface area contributed by atoms with Crippen molar-refractivity contribution in [3.05, 3.63) is 65.7 Å². The van der Waals surface area contributed by atoms with Crippen molar-refractivity contribution in [2.24, 2.45) is 0 Å². The summed E-state index contributed by atoms with van der Waals surface area (Å²) in [5.74, 6) is -0.205. The first-order chi connectivity index (χ1) is 11.4. The molecule has 0 heterocycles. The summed E-state index contributed by atoms with van der Waals surface area (Å²) in [6, 6.07) is 16.0. The predicted octanol–water partition coefficient (Wildman–Crippen LogP) is 2.35. The minimum Gasteiger partial charge on any atom is -0.350 e. The van der Waals surface area contributed by atoms with Gasteiger partial charge in [0.15, 0.2) is 0 Å². The van der Waals surface area contributed by atoms with Crippen molar-refractivity contribution >= 4 is 15.9 Å². The maximum Gasteiger partial charge on any atom is 0.251 e. The molecule has 0 aliphatic heterocycles. The lowest BCUT2D eigenvalue weighted by Gasteiger charge is -2.14. The first kappa shape index (κ1) is 18.2. The molecule has 1 atom stereocenters. The average Bonchev–Trinajstić information content (AvgIpc) is 2.61. The monoisotopic (exact) mass is 346 g/mol. The maximum absolute atomic E-state index is 12.2. The number of carbonyl (C=O) groups excluding carboxylic acids is 1. The lowest BCUT2D eigenvalue weighted by atomic mass is 10.1. The minimum atomic E-state index is -3.48. The first-order valence-electron chi connectivity index (χ1n) is 7.81. The molecule has 0 aliphatic rings. The van der Waals surface area contributed by atoms with Crippen LogP contribution in [-0.2, 0) is 16.4 Å². The summed E-state index contributed by atoms with van der Waals surface area (Å²) in [5, 5.41) is 2.93. The molecule has 2 aromatic carbocycles. The molecule has 6 heteroatoms.